The van der Waals surface area contributed by atoms with Crippen LogP contribution in [0.25, 0.3) is 11.3 Å². The van der Waals surface area contributed by atoms with Gasteiger partial charge in [0.1, 0.15) is 35.2 Å². The highest BCUT2D eigenvalue weighted by molar-refractivity contribution is 6.05. The molecule has 2 N–H and O–H groups in total. The van der Waals surface area contributed by atoms with E-state index in [4.69, 9.17) is 10.1 Å². The van der Waals surface area contributed by atoms with E-state index in [0.717, 1.165) is 17.6 Å². The Morgan fingerprint density at radius 3 is 2.84 bits per heavy atom. The van der Waals surface area contributed by atoms with Crippen molar-refractivity contribution in [1.82, 2.24) is 24.8 Å². The third-order valence-electron chi connectivity index (χ3n) is 5.08. The van der Waals surface area contributed by atoms with Gasteiger partial charge in [0.05, 0.1) is 24.4 Å². The molecule has 1 aliphatic heterocycles. The van der Waals surface area contributed by atoms with E-state index in [1.807, 2.05) is 25.7 Å². The van der Waals surface area contributed by atoms with Gasteiger partial charge in [0.15, 0.2) is 5.84 Å². The molecule has 0 atom stereocenters. The SMILES string of the molecule is CCOc1nc(C)nc2c1CN(/C(=N/C=N)c1[nH]c(C)nc1-c1ccccc1F)CC2. The number of nitrogens with zero attached hydrogens (tertiary/aromatic N) is 5. The van der Waals surface area contributed by atoms with Gasteiger partial charge in [-0.2, -0.15) is 4.98 Å². The predicted molar refractivity (Wildman–Crippen MR) is 116 cm³/mol. The molecule has 0 saturated carbocycles. The molecular formula is C22H24FN7O. The molecule has 3 aromatic rings. The number of aromatic nitrogens is 4. The van der Waals surface area contributed by atoms with Gasteiger partial charge >= 0.3 is 0 Å². The summed E-state index contributed by atoms with van der Waals surface area (Å²) in [4.78, 5) is 23.1. The van der Waals surface area contributed by atoms with Crippen molar-refractivity contribution in [3.8, 4) is 17.1 Å². The van der Waals surface area contributed by atoms with Crippen molar-refractivity contribution in [3.63, 3.8) is 0 Å². The minimum atomic E-state index is -0.365. The lowest BCUT2D eigenvalue weighted by Crippen LogP contribution is -2.38. The van der Waals surface area contributed by atoms with Crippen LogP contribution in [0.3, 0.4) is 0 Å². The highest BCUT2D eigenvalue weighted by Gasteiger charge is 2.28. The zero-order chi connectivity index (χ0) is 22.0. The van der Waals surface area contributed by atoms with Crippen LogP contribution in [0.4, 0.5) is 4.39 Å². The van der Waals surface area contributed by atoms with Crippen molar-refractivity contribution in [3.05, 3.63) is 58.7 Å². The van der Waals surface area contributed by atoms with Crippen LogP contribution in [0.15, 0.2) is 29.3 Å². The van der Waals surface area contributed by atoms with E-state index in [2.05, 4.69) is 24.9 Å². The van der Waals surface area contributed by atoms with E-state index in [1.54, 1.807) is 18.2 Å². The van der Waals surface area contributed by atoms with Crippen molar-refractivity contribution < 1.29 is 9.13 Å². The molecule has 160 valence electrons. The Bertz CT molecular complexity index is 1150. The van der Waals surface area contributed by atoms with Gasteiger partial charge in [-0.15, -0.1) is 0 Å². The summed E-state index contributed by atoms with van der Waals surface area (Å²) < 4.78 is 20.3. The van der Waals surface area contributed by atoms with Crippen LogP contribution in [0.1, 0.15) is 35.5 Å². The van der Waals surface area contributed by atoms with Gasteiger partial charge in [0.25, 0.3) is 0 Å². The monoisotopic (exact) mass is 421 g/mol. The molecule has 0 amide bonds. The predicted octanol–water partition coefficient (Wildman–Crippen LogP) is 3.43. The van der Waals surface area contributed by atoms with E-state index >= 15 is 0 Å². The number of fused-ring (bicyclic) bond motifs is 1. The zero-order valence-corrected chi connectivity index (χ0v) is 17.7. The molecule has 31 heavy (non-hydrogen) atoms. The summed E-state index contributed by atoms with van der Waals surface area (Å²) in [6, 6.07) is 6.50. The second-order valence-corrected chi connectivity index (χ2v) is 7.21. The highest BCUT2D eigenvalue weighted by atomic mass is 19.1. The lowest BCUT2D eigenvalue weighted by molar-refractivity contribution is 0.304. The van der Waals surface area contributed by atoms with Crippen LogP contribution in [-0.2, 0) is 13.0 Å². The van der Waals surface area contributed by atoms with E-state index in [1.165, 1.54) is 6.07 Å². The second kappa shape index (κ2) is 8.63. The molecule has 1 aromatic carbocycles. The summed E-state index contributed by atoms with van der Waals surface area (Å²) in [5.41, 5.74) is 3.27. The number of aliphatic imine (C=N–C) groups is 1. The van der Waals surface area contributed by atoms with E-state index in [-0.39, 0.29) is 5.82 Å². The fraction of sp³-hybridized carbons (Fsp3) is 0.318. The number of hydrogen-bond acceptors (Lipinski definition) is 5. The quantitative estimate of drug-likeness (QED) is 0.485. The van der Waals surface area contributed by atoms with Gasteiger partial charge in [0, 0.05) is 18.5 Å². The van der Waals surface area contributed by atoms with Crippen molar-refractivity contribution >= 4 is 12.2 Å². The number of nitrogens with one attached hydrogen (secondary N) is 2. The van der Waals surface area contributed by atoms with Crippen molar-refractivity contribution in [1.29, 1.82) is 5.41 Å². The lowest BCUT2D eigenvalue weighted by Gasteiger charge is -2.31. The summed E-state index contributed by atoms with van der Waals surface area (Å²) >= 11 is 0. The normalized spacial score (nSPS) is 13.8. The smallest absolute Gasteiger partial charge is 0.221 e. The number of rotatable bonds is 5. The second-order valence-electron chi connectivity index (χ2n) is 7.21. The average molecular weight is 421 g/mol. The summed E-state index contributed by atoms with van der Waals surface area (Å²) in [5, 5.41) is 7.61. The van der Waals surface area contributed by atoms with Gasteiger partial charge in [-0.3, -0.25) is 5.41 Å². The number of imidazole rings is 1. The zero-order valence-electron chi connectivity index (χ0n) is 17.7. The fourth-order valence-electron chi connectivity index (χ4n) is 3.81. The number of aromatic amines is 1. The molecule has 8 nitrogen and oxygen atoms in total. The molecule has 0 bridgehead atoms. The molecule has 3 heterocycles. The van der Waals surface area contributed by atoms with Crippen LogP contribution in [0.5, 0.6) is 5.88 Å². The number of aryl methyl sites for hydroxylation is 2. The topological polar surface area (TPSA) is 103 Å². The van der Waals surface area contributed by atoms with Crippen molar-refractivity contribution in [2.45, 2.75) is 33.7 Å². The number of amidine groups is 1. The third kappa shape index (κ3) is 4.03. The molecule has 4 rings (SSSR count). The van der Waals surface area contributed by atoms with E-state index in [0.29, 0.717) is 66.4 Å². The summed E-state index contributed by atoms with van der Waals surface area (Å²) in [7, 11) is 0. The Kier molecular flexibility index (Phi) is 5.75. The maximum absolute atomic E-state index is 14.5. The Hall–Kier alpha value is -3.62. The van der Waals surface area contributed by atoms with Crippen LogP contribution in [0.2, 0.25) is 0 Å². The standard InChI is InChI=1S/C22H24FN7O/c1-4-31-22-16-11-30(10-9-18(16)26-13(2)29-22)21(25-12-24)20-19(27-14(3)28-20)15-7-5-6-8-17(15)23/h5-8,12,24H,4,9-11H2,1-3H3,(H,27,28)/b24-12?,25-21+. The number of ether oxygens (including phenoxy) is 1. The van der Waals surface area contributed by atoms with Crippen LogP contribution < -0.4 is 4.74 Å². The van der Waals surface area contributed by atoms with Crippen molar-refractivity contribution in [2.24, 2.45) is 4.99 Å². The Labute approximate surface area is 179 Å². The molecule has 0 fully saturated rings. The molecular weight excluding hydrogens is 397 g/mol. The van der Waals surface area contributed by atoms with Gasteiger partial charge in [-0.1, -0.05) is 12.1 Å². The Morgan fingerprint density at radius 2 is 2.10 bits per heavy atom. The summed E-state index contributed by atoms with van der Waals surface area (Å²) in [6.07, 6.45) is 1.67. The summed E-state index contributed by atoms with van der Waals surface area (Å²) in [5.74, 6) is 2.03. The number of hydrogen-bond donors (Lipinski definition) is 2. The molecule has 0 aliphatic carbocycles. The van der Waals surface area contributed by atoms with Crippen LogP contribution in [-0.4, -0.2) is 50.2 Å². The maximum atomic E-state index is 14.5. The Balaban J connectivity index is 1.77. The Morgan fingerprint density at radius 1 is 1.29 bits per heavy atom. The lowest BCUT2D eigenvalue weighted by atomic mass is 10.0. The molecule has 2 aromatic heterocycles. The van der Waals surface area contributed by atoms with Crippen LogP contribution in [0, 0.1) is 25.1 Å². The number of benzene rings is 1. The molecule has 1 aliphatic rings. The van der Waals surface area contributed by atoms with Gasteiger partial charge < -0.3 is 14.6 Å². The van der Waals surface area contributed by atoms with Crippen LogP contribution >= 0.6 is 0 Å². The molecule has 9 heteroatoms. The first-order chi connectivity index (χ1) is 15.0. The van der Waals surface area contributed by atoms with E-state index < -0.39 is 0 Å². The first-order valence-electron chi connectivity index (χ1n) is 10.1. The first kappa shape index (κ1) is 20.6. The minimum absolute atomic E-state index is 0.365. The van der Waals surface area contributed by atoms with Gasteiger partial charge in [0.2, 0.25) is 5.88 Å². The third-order valence-corrected chi connectivity index (χ3v) is 5.08. The maximum Gasteiger partial charge on any atom is 0.221 e. The largest absolute Gasteiger partial charge is 0.478 e. The first-order valence-corrected chi connectivity index (χ1v) is 10.1. The molecule has 0 spiro atoms. The molecule has 0 unspecified atom stereocenters. The highest BCUT2D eigenvalue weighted by Crippen LogP contribution is 2.30. The summed E-state index contributed by atoms with van der Waals surface area (Å²) in [6.45, 7) is 7.18. The molecule has 0 radical (unpaired) electrons. The minimum Gasteiger partial charge on any atom is -0.478 e. The van der Waals surface area contributed by atoms with E-state index in [9.17, 15) is 4.39 Å². The number of halogens is 1. The average Bonchev–Trinajstić information content (AvgIpc) is 3.13. The fourth-order valence-corrected chi connectivity index (χ4v) is 3.81. The van der Waals surface area contributed by atoms with Crippen molar-refractivity contribution in [2.75, 3.05) is 13.2 Å². The van der Waals surface area contributed by atoms with Gasteiger partial charge in [-0.05, 0) is 32.9 Å². The van der Waals surface area contributed by atoms with Gasteiger partial charge in [-0.25, -0.2) is 19.4 Å². The molecule has 0 saturated heterocycles. The number of H-pyrrole nitrogens is 1.